The lowest BCUT2D eigenvalue weighted by atomic mass is 9.78. The lowest BCUT2D eigenvalue weighted by Crippen LogP contribution is -2.45. The molecule has 0 bridgehead atoms. The van der Waals surface area contributed by atoms with Crippen LogP contribution < -0.4 is 10.2 Å². The van der Waals surface area contributed by atoms with Gasteiger partial charge in [-0.1, -0.05) is 30.3 Å². The van der Waals surface area contributed by atoms with Gasteiger partial charge >= 0.3 is 6.18 Å². The first-order chi connectivity index (χ1) is 14.3. The molecule has 30 heavy (non-hydrogen) atoms. The fraction of sp³-hybridized carbons (Fsp3) is 0.478. The van der Waals surface area contributed by atoms with Crippen molar-refractivity contribution in [1.82, 2.24) is 10.4 Å². The Morgan fingerprint density at radius 3 is 2.57 bits per heavy atom. The number of halogens is 3. The molecule has 1 saturated heterocycles. The van der Waals surface area contributed by atoms with Crippen LogP contribution in [0.1, 0.15) is 54.0 Å². The average molecular weight is 420 g/mol. The van der Waals surface area contributed by atoms with Gasteiger partial charge in [-0.2, -0.15) is 13.2 Å². The van der Waals surface area contributed by atoms with Crippen molar-refractivity contribution in [2.24, 2.45) is 0 Å². The zero-order valence-corrected chi connectivity index (χ0v) is 17.4. The second-order valence-electron chi connectivity index (χ2n) is 8.09. The first-order valence-corrected chi connectivity index (χ1v) is 10.2. The monoisotopic (exact) mass is 420 g/mol. The van der Waals surface area contributed by atoms with Gasteiger partial charge in [0.15, 0.2) is 5.60 Å². The standard InChI is InChI=1S/C23H27F3N2O2/c1-22(23(24,25)26)19-13-18(20(29-3)12-16(19)14-30-22)17-10-7-11-28(27-2)21(17)15-8-5-4-6-9-15/h4-6,8-9,12-13,17,21,27H,7,10-11,14H2,1-3H3/t17-,21+,22?/m0/s1. The summed E-state index contributed by atoms with van der Waals surface area (Å²) >= 11 is 0. The number of hydrogen-bond donors (Lipinski definition) is 1. The number of benzene rings is 2. The molecule has 2 aromatic rings. The quantitative estimate of drug-likeness (QED) is 0.750. The molecule has 0 saturated carbocycles. The molecule has 7 heteroatoms. The molecule has 2 aromatic carbocycles. The van der Waals surface area contributed by atoms with Crippen LogP contribution >= 0.6 is 0 Å². The van der Waals surface area contributed by atoms with Gasteiger partial charge in [0.05, 0.1) is 19.8 Å². The first kappa shape index (κ1) is 21.2. The van der Waals surface area contributed by atoms with Crippen molar-refractivity contribution in [3.63, 3.8) is 0 Å². The highest BCUT2D eigenvalue weighted by atomic mass is 19.4. The molecular formula is C23H27F3N2O2. The van der Waals surface area contributed by atoms with Gasteiger partial charge in [0, 0.05) is 12.5 Å². The highest BCUT2D eigenvalue weighted by molar-refractivity contribution is 5.50. The highest BCUT2D eigenvalue weighted by Crippen LogP contribution is 2.52. The maximum absolute atomic E-state index is 13.9. The largest absolute Gasteiger partial charge is 0.496 e. The second-order valence-corrected chi connectivity index (χ2v) is 8.09. The number of methoxy groups -OCH3 is 1. The number of hydrogen-bond acceptors (Lipinski definition) is 4. The summed E-state index contributed by atoms with van der Waals surface area (Å²) in [6, 6.07) is 13.5. The minimum absolute atomic E-state index is 0.0173. The summed E-state index contributed by atoms with van der Waals surface area (Å²) in [5, 5.41) is 2.16. The number of piperidine rings is 1. The Kier molecular flexibility index (Phi) is 5.55. The number of fused-ring (bicyclic) bond motifs is 1. The zero-order chi connectivity index (χ0) is 21.5. The Labute approximate surface area is 174 Å². The van der Waals surface area contributed by atoms with E-state index in [1.807, 2.05) is 25.2 Å². The van der Waals surface area contributed by atoms with Gasteiger partial charge in [-0.3, -0.25) is 5.43 Å². The number of rotatable bonds is 4. The Balaban J connectivity index is 1.85. The minimum Gasteiger partial charge on any atom is -0.496 e. The summed E-state index contributed by atoms with van der Waals surface area (Å²) in [5.41, 5.74) is 3.61. The Morgan fingerprint density at radius 1 is 1.20 bits per heavy atom. The van der Waals surface area contributed by atoms with E-state index in [1.54, 1.807) is 19.2 Å². The van der Waals surface area contributed by atoms with E-state index in [9.17, 15) is 13.2 Å². The van der Waals surface area contributed by atoms with Crippen LogP contribution in [0.3, 0.4) is 0 Å². The predicted molar refractivity (Wildman–Crippen MR) is 108 cm³/mol. The molecule has 0 aliphatic carbocycles. The van der Waals surface area contributed by atoms with Crippen LogP contribution in [-0.4, -0.2) is 31.9 Å². The number of ether oxygens (including phenoxy) is 2. The van der Waals surface area contributed by atoms with Gasteiger partial charge in [0.25, 0.3) is 0 Å². The summed E-state index contributed by atoms with van der Waals surface area (Å²) in [5.74, 6) is 0.597. The van der Waals surface area contributed by atoms with Crippen LogP contribution in [0.15, 0.2) is 42.5 Å². The third kappa shape index (κ3) is 3.39. The summed E-state index contributed by atoms with van der Waals surface area (Å²) in [6.07, 6.45) is -2.70. The first-order valence-electron chi connectivity index (χ1n) is 10.2. The molecule has 2 heterocycles. The maximum Gasteiger partial charge on any atom is 0.421 e. The second kappa shape index (κ2) is 7.87. The van der Waals surface area contributed by atoms with E-state index in [1.165, 1.54) is 0 Å². The lowest BCUT2D eigenvalue weighted by Gasteiger charge is -2.42. The van der Waals surface area contributed by atoms with Crippen molar-refractivity contribution < 1.29 is 22.6 Å². The lowest BCUT2D eigenvalue weighted by molar-refractivity contribution is -0.272. The van der Waals surface area contributed by atoms with Gasteiger partial charge < -0.3 is 9.47 Å². The molecule has 2 aliphatic rings. The SMILES string of the molecule is CNN1CCC[C@@H](c2cc3c(cc2OC)COC3(C)C(F)(F)F)[C@H]1c1ccccc1. The molecule has 2 aliphatic heterocycles. The van der Waals surface area contributed by atoms with Crippen molar-refractivity contribution >= 4 is 0 Å². The molecule has 0 radical (unpaired) electrons. The number of hydrazine groups is 1. The van der Waals surface area contributed by atoms with Crippen molar-refractivity contribution in [3.05, 3.63) is 64.7 Å². The summed E-state index contributed by atoms with van der Waals surface area (Å²) in [4.78, 5) is 0. The molecule has 1 fully saturated rings. The van der Waals surface area contributed by atoms with Crippen LogP contribution in [0.5, 0.6) is 5.75 Å². The van der Waals surface area contributed by atoms with E-state index in [2.05, 4.69) is 22.6 Å². The van der Waals surface area contributed by atoms with Gasteiger partial charge in [-0.25, -0.2) is 5.01 Å². The maximum atomic E-state index is 13.9. The van der Waals surface area contributed by atoms with Crippen LogP contribution in [0.4, 0.5) is 13.2 Å². The Hall–Kier alpha value is -2.09. The van der Waals surface area contributed by atoms with Crippen molar-refractivity contribution in [1.29, 1.82) is 0 Å². The third-order valence-electron chi connectivity index (χ3n) is 6.49. The van der Waals surface area contributed by atoms with Gasteiger partial charge in [0.2, 0.25) is 0 Å². The molecule has 1 unspecified atom stereocenters. The summed E-state index contributed by atoms with van der Waals surface area (Å²) in [6.45, 7) is 1.91. The summed E-state index contributed by atoms with van der Waals surface area (Å²) in [7, 11) is 3.45. The molecule has 1 N–H and O–H groups in total. The minimum atomic E-state index is -4.49. The molecule has 0 amide bonds. The molecular weight excluding hydrogens is 393 g/mol. The topological polar surface area (TPSA) is 33.7 Å². The third-order valence-corrected chi connectivity index (χ3v) is 6.49. The number of nitrogens with zero attached hydrogens (tertiary/aromatic N) is 1. The molecule has 0 spiro atoms. The van der Waals surface area contributed by atoms with Gasteiger partial charge in [-0.15, -0.1) is 0 Å². The van der Waals surface area contributed by atoms with E-state index in [4.69, 9.17) is 9.47 Å². The molecule has 0 aromatic heterocycles. The number of nitrogens with one attached hydrogen (secondary N) is 1. The van der Waals surface area contributed by atoms with Crippen LogP contribution in [0, 0.1) is 0 Å². The van der Waals surface area contributed by atoms with Crippen LogP contribution in [-0.2, 0) is 16.9 Å². The summed E-state index contributed by atoms with van der Waals surface area (Å²) < 4.78 is 52.5. The van der Waals surface area contributed by atoms with E-state index >= 15 is 0 Å². The zero-order valence-electron chi connectivity index (χ0n) is 17.4. The van der Waals surface area contributed by atoms with Crippen molar-refractivity contribution in [3.8, 4) is 5.75 Å². The molecule has 4 nitrogen and oxygen atoms in total. The molecule has 162 valence electrons. The van der Waals surface area contributed by atoms with Gasteiger partial charge in [0.1, 0.15) is 5.75 Å². The predicted octanol–water partition coefficient (Wildman–Crippen LogP) is 5.06. The average Bonchev–Trinajstić information content (AvgIpc) is 3.10. The van der Waals surface area contributed by atoms with Crippen LogP contribution in [0.2, 0.25) is 0 Å². The number of alkyl halides is 3. The highest BCUT2D eigenvalue weighted by Gasteiger charge is 2.57. The molecule has 4 rings (SSSR count). The Morgan fingerprint density at radius 2 is 1.93 bits per heavy atom. The van der Waals surface area contributed by atoms with E-state index < -0.39 is 11.8 Å². The fourth-order valence-electron chi connectivity index (χ4n) is 4.84. The smallest absolute Gasteiger partial charge is 0.421 e. The normalized spacial score (nSPS) is 27.1. The van der Waals surface area contributed by atoms with E-state index in [0.717, 1.165) is 37.4 Å². The van der Waals surface area contributed by atoms with Gasteiger partial charge in [-0.05, 0) is 61.2 Å². The molecule has 3 atom stereocenters. The fourth-order valence-corrected chi connectivity index (χ4v) is 4.84. The Bertz CT molecular complexity index is 903. The van der Waals surface area contributed by atoms with Crippen molar-refractivity contribution in [2.45, 2.75) is 50.1 Å². The van der Waals surface area contributed by atoms with E-state index in [-0.39, 0.29) is 24.1 Å². The van der Waals surface area contributed by atoms with E-state index in [0.29, 0.717) is 11.3 Å². The van der Waals surface area contributed by atoms with Crippen LogP contribution in [0.25, 0.3) is 0 Å². The van der Waals surface area contributed by atoms with Crippen molar-refractivity contribution in [2.75, 3.05) is 20.7 Å².